The number of hydrogen-bond donors (Lipinski definition) is 1. The molecule has 1 aliphatic rings. The second-order valence-electron chi connectivity index (χ2n) is 10.7. The van der Waals surface area contributed by atoms with Crippen molar-refractivity contribution in [2.45, 2.75) is 57.7 Å². The summed E-state index contributed by atoms with van der Waals surface area (Å²) >= 11 is 0. The Labute approximate surface area is 246 Å². The lowest BCUT2D eigenvalue weighted by atomic mass is 10.0. The average Bonchev–Trinajstić information content (AvgIpc) is 3.47. The zero-order valence-electron chi connectivity index (χ0n) is 23.8. The first-order valence-electron chi connectivity index (χ1n) is 13.9. The molecule has 11 heteroatoms. The summed E-state index contributed by atoms with van der Waals surface area (Å²) in [6.45, 7) is 1.39. The Morgan fingerprint density at radius 2 is 1.64 bits per heavy atom. The largest absolute Gasteiger partial charge is 0.352 e. The van der Waals surface area contributed by atoms with Gasteiger partial charge in [0.05, 0.1) is 16.9 Å². The van der Waals surface area contributed by atoms with Gasteiger partial charge in [-0.3, -0.25) is 24.0 Å². The number of sulfonamides is 1. The van der Waals surface area contributed by atoms with Crippen LogP contribution in [0, 0.1) is 17.0 Å². The van der Waals surface area contributed by atoms with Gasteiger partial charge in [0.2, 0.25) is 21.8 Å². The van der Waals surface area contributed by atoms with E-state index in [-0.39, 0.29) is 36.3 Å². The first-order chi connectivity index (χ1) is 20.0. The molecule has 0 spiro atoms. The van der Waals surface area contributed by atoms with Crippen LogP contribution in [0.5, 0.6) is 0 Å². The van der Waals surface area contributed by atoms with Crippen LogP contribution in [-0.2, 0) is 32.6 Å². The van der Waals surface area contributed by atoms with Crippen LogP contribution in [0.15, 0.2) is 78.9 Å². The second kappa shape index (κ2) is 13.6. The number of nitro groups is 1. The fourth-order valence-corrected chi connectivity index (χ4v) is 6.03. The summed E-state index contributed by atoms with van der Waals surface area (Å²) in [4.78, 5) is 40.2. The number of anilines is 1. The number of nitrogens with one attached hydrogen (secondary N) is 1. The van der Waals surface area contributed by atoms with E-state index in [9.17, 15) is 28.1 Å². The normalized spacial score (nSPS) is 14.2. The Balaban J connectivity index is 1.73. The van der Waals surface area contributed by atoms with Crippen molar-refractivity contribution in [2.24, 2.45) is 0 Å². The van der Waals surface area contributed by atoms with E-state index in [1.807, 2.05) is 61.5 Å². The van der Waals surface area contributed by atoms with Crippen molar-refractivity contribution < 1.29 is 22.9 Å². The van der Waals surface area contributed by atoms with E-state index in [0.717, 1.165) is 59.0 Å². The van der Waals surface area contributed by atoms with Crippen LogP contribution >= 0.6 is 0 Å². The summed E-state index contributed by atoms with van der Waals surface area (Å²) in [6, 6.07) is 21.2. The number of hydrogen-bond acceptors (Lipinski definition) is 6. The highest BCUT2D eigenvalue weighted by atomic mass is 32.2. The molecule has 0 unspecified atom stereocenters. The molecule has 2 amide bonds. The Hall–Kier alpha value is -4.25. The SMILES string of the molecule is Cc1ccc(CN(C(=O)CN(c2cccc([N+](=O)[O-])c2)S(C)(=O)=O)[C@H](Cc2ccccc2)C(=O)NC2CCCC2)cc1. The zero-order valence-corrected chi connectivity index (χ0v) is 24.6. The lowest BCUT2D eigenvalue weighted by molar-refractivity contribution is -0.384. The number of benzene rings is 3. The van der Waals surface area contributed by atoms with E-state index in [1.165, 1.54) is 23.1 Å². The first kappa shape index (κ1) is 30.7. The van der Waals surface area contributed by atoms with Crippen molar-refractivity contribution in [1.29, 1.82) is 0 Å². The van der Waals surface area contributed by atoms with E-state index in [4.69, 9.17) is 0 Å². The number of amides is 2. The lowest BCUT2D eigenvalue weighted by Crippen LogP contribution is -2.54. The number of rotatable bonds is 12. The topological polar surface area (TPSA) is 130 Å². The van der Waals surface area contributed by atoms with Crippen molar-refractivity contribution in [3.05, 3.63) is 106 Å². The van der Waals surface area contributed by atoms with Gasteiger partial charge in [0, 0.05) is 31.1 Å². The maximum atomic E-state index is 14.1. The van der Waals surface area contributed by atoms with Gasteiger partial charge >= 0.3 is 0 Å². The van der Waals surface area contributed by atoms with E-state index < -0.39 is 33.4 Å². The summed E-state index contributed by atoms with van der Waals surface area (Å²) in [6.07, 6.45) is 4.94. The summed E-state index contributed by atoms with van der Waals surface area (Å²) in [7, 11) is -4.03. The molecule has 0 heterocycles. The second-order valence-corrected chi connectivity index (χ2v) is 12.7. The molecule has 0 aromatic heterocycles. The predicted molar refractivity (Wildman–Crippen MR) is 161 cm³/mol. The minimum Gasteiger partial charge on any atom is -0.352 e. The molecule has 0 radical (unpaired) electrons. The summed E-state index contributed by atoms with van der Waals surface area (Å²) in [5.74, 6) is -0.900. The minimum absolute atomic E-state index is 0.00893. The van der Waals surface area contributed by atoms with Crippen molar-refractivity contribution in [2.75, 3.05) is 17.1 Å². The van der Waals surface area contributed by atoms with Gasteiger partial charge in [-0.2, -0.15) is 0 Å². The molecule has 0 bridgehead atoms. The van der Waals surface area contributed by atoms with Gasteiger partial charge in [0.1, 0.15) is 12.6 Å². The molecule has 3 aromatic rings. The number of nitro benzene ring substituents is 1. The summed E-state index contributed by atoms with van der Waals surface area (Å²) in [5.41, 5.74) is 2.35. The molecule has 1 aliphatic carbocycles. The molecule has 1 atom stereocenters. The van der Waals surface area contributed by atoms with Crippen LogP contribution in [0.1, 0.15) is 42.4 Å². The molecule has 1 N–H and O–H groups in total. The zero-order chi connectivity index (χ0) is 30.3. The standard InChI is InChI=1S/C31H36N4O6S/c1-23-15-17-25(18-16-23)21-33(29(19-24-9-4-3-5-10-24)31(37)32-26-11-6-7-12-26)30(36)22-34(42(2,40)41)27-13-8-14-28(20-27)35(38)39/h3-5,8-10,13-18,20,26,29H,6-7,11-12,19,21-22H2,1-2H3,(H,32,37)/t29-/m1/s1. The number of non-ortho nitro benzene ring substituents is 1. The number of carbonyl (C=O) groups is 2. The van der Waals surface area contributed by atoms with Crippen LogP contribution in [-0.4, -0.2) is 54.9 Å². The molecule has 1 fully saturated rings. The average molecular weight is 593 g/mol. The molecule has 10 nitrogen and oxygen atoms in total. The first-order valence-corrected chi connectivity index (χ1v) is 15.8. The molecular weight excluding hydrogens is 556 g/mol. The molecule has 4 rings (SSSR count). The summed E-state index contributed by atoms with van der Waals surface area (Å²) < 4.78 is 26.6. The van der Waals surface area contributed by atoms with Crippen LogP contribution in [0.25, 0.3) is 0 Å². The molecule has 222 valence electrons. The van der Waals surface area contributed by atoms with E-state index in [2.05, 4.69) is 5.32 Å². The molecule has 1 saturated carbocycles. The van der Waals surface area contributed by atoms with Gasteiger partial charge in [-0.1, -0.05) is 79.1 Å². The Bertz CT molecular complexity index is 1510. The Morgan fingerprint density at radius 1 is 0.976 bits per heavy atom. The van der Waals surface area contributed by atoms with Gasteiger partial charge in [0.15, 0.2) is 0 Å². The molecule has 3 aromatic carbocycles. The van der Waals surface area contributed by atoms with Gasteiger partial charge in [0.25, 0.3) is 5.69 Å². The van der Waals surface area contributed by atoms with Crippen molar-refractivity contribution in [3.63, 3.8) is 0 Å². The fourth-order valence-electron chi connectivity index (χ4n) is 5.19. The lowest BCUT2D eigenvalue weighted by Gasteiger charge is -2.34. The Kier molecular flexibility index (Phi) is 9.95. The third kappa shape index (κ3) is 8.16. The van der Waals surface area contributed by atoms with E-state index in [0.29, 0.717) is 0 Å². The van der Waals surface area contributed by atoms with Crippen molar-refractivity contribution in [3.8, 4) is 0 Å². The number of aryl methyl sites for hydroxylation is 1. The van der Waals surface area contributed by atoms with Gasteiger partial charge < -0.3 is 10.2 Å². The maximum absolute atomic E-state index is 14.1. The van der Waals surface area contributed by atoms with E-state index in [1.54, 1.807) is 0 Å². The highest BCUT2D eigenvalue weighted by molar-refractivity contribution is 7.92. The van der Waals surface area contributed by atoms with E-state index >= 15 is 0 Å². The van der Waals surface area contributed by atoms with Crippen LogP contribution in [0.2, 0.25) is 0 Å². The maximum Gasteiger partial charge on any atom is 0.271 e. The Morgan fingerprint density at radius 3 is 2.26 bits per heavy atom. The third-order valence-electron chi connectivity index (χ3n) is 7.45. The third-order valence-corrected chi connectivity index (χ3v) is 8.59. The van der Waals surface area contributed by atoms with Crippen molar-refractivity contribution >= 4 is 33.2 Å². The van der Waals surface area contributed by atoms with Gasteiger partial charge in [-0.25, -0.2) is 8.42 Å². The van der Waals surface area contributed by atoms with Crippen LogP contribution in [0.3, 0.4) is 0 Å². The molecule has 0 aliphatic heterocycles. The van der Waals surface area contributed by atoms with Crippen LogP contribution in [0.4, 0.5) is 11.4 Å². The van der Waals surface area contributed by atoms with Crippen LogP contribution < -0.4 is 9.62 Å². The highest BCUT2D eigenvalue weighted by Gasteiger charge is 2.34. The molecular formula is C31H36N4O6S. The fraction of sp³-hybridized carbons (Fsp3) is 0.355. The monoisotopic (exact) mass is 592 g/mol. The minimum atomic E-state index is -4.03. The number of nitrogens with zero attached hydrogens (tertiary/aromatic N) is 3. The highest BCUT2D eigenvalue weighted by Crippen LogP contribution is 2.25. The van der Waals surface area contributed by atoms with Gasteiger partial charge in [-0.05, 0) is 37.0 Å². The predicted octanol–water partition coefficient (Wildman–Crippen LogP) is 4.37. The molecule has 42 heavy (non-hydrogen) atoms. The number of carbonyl (C=O) groups excluding carboxylic acids is 2. The quantitative estimate of drug-likeness (QED) is 0.246. The van der Waals surface area contributed by atoms with Gasteiger partial charge in [-0.15, -0.1) is 0 Å². The smallest absolute Gasteiger partial charge is 0.271 e. The molecule has 0 saturated heterocycles. The summed E-state index contributed by atoms with van der Waals surface area (Å²) in [5, 5.41) is 14.5. The van der Waals surface area contributed by atoms with Crippen molar-refractivity contribution in [1.82, 2.24) is 10.2 Å².